The van der Waals surface area contributed by atoms with Crippen LogP contribution in [0.5, 0.6) is 0 Å². The van der Waals surface area contributed by atoms with Gasteiger partial charge in [0.05, 0.1) is 6.04 Å². The fraction of sp³-hybridized carbons (Fsp3) is 0.407. The Morgan fingerprint density at radius 1 is 1.13 bits per heavy atom. The van der Waals surface area contributed by atoms with Gasteiger partial charge in [0.25, 0.3) is 0 Å². The molecule has 0 radical (unpaired) electrons. The van der Waals surface area contributed by atoms with Crippen molar-refractivity contribution in [3.05, 3.63) is 71.6 Å². The molecule has 8 nitrogen and oxygen atoms in total. The number of rotatable bonds is 8. The Hall–Kier alpha value is -3.73. The Balaban J connectivity index is 1.30. The number of halogens is 3. The molecule has 3 atom stereocenters. The Bertz CT molecular complexity index is 1230. The van der Waals surface area contributed by atoms with Gasteiger partial charge in [0.1, 0.15) is 6.04 Å². The highest BCUT2D eigenvalue weighted by atomic mass is 19.4. The molecule has 1 aromatic heterocycles. The SMILES string of the molecule is CCN1CC[C@H](c2ccccc2)C[C@@H]1C(=O)NC(C)C(=O)NCc1ccc(-c2noc(C(F)(F)F)n2)cc1. The molecule has 1 fully saturated rings. The number of carbonyl (C=O) groups is 2. The van der Waals surface area contributed by atoms with Crippen LogP contribution in [0.1, 0.15) is 49.6 Å². The quantitative estimate of drug-likeness (QED) is 0.455. The minimum atomic E-state index is -4.71. The largest absolute Gasteiger partial charge is 0.471 e. The van der Waals surface area contributed by atoms with Crippen LogP contribution in [0.2, 0.25) is 0 Å². The standard InChI is InChI=1S/C27H30F3N5O3/c1-3-35-14-13-21(19-7-5-4-6-8-19)15-22(35)25(37)32-17(2)24(36)31-16-18-9-11-20(12-10-18)23-33-26(38-34-23)27(28,29)30/h4-12,17,21-22H,3,13-16H2,1-2H3,(H,31,36)(H,32,37)/t17?,21-,22+/m0/s1. The highest BCUT2D eigenvalue weighted by molar-refractivity contribution is 5.89. The van der Waals surface area contributed by atoms with Gasteiger partial charge in [0.15, 0.2) is 0 Å². The Labute approximate surface area is 218 Å². The summed E-state index contributed by atoms with van der Waals surface area (Å²) in [6, 6.07) is 15.5. The lowest BCUT2D eigenvalue weighted by molar-refractivity contribution is -0.159. The van der Waals surface area contributed by atoms with Crippen LogP contribution in [0.4, 0.5) is 13.2 Å². The highest BCUT2D eigenvalue weighted by Crippen LogP contribution is 2.32. The lowest BCUT2D eigenvalue weighted by Crippen LogP contribution is -2.54. The van der Waals surface area contributed by atoms with E-state index < -0.39 is 18.1 Å². The van der Waals surface area contributed by atoms with Crippen LogP contribution in [0.15, 0.2) is 59.1 Å². The maximum atomic E-state index is 13.1. The second kappa shape index (κ2) is 11.8. The molecule has 4 rings (SSSR count). The molecule has 1 aliphatic rings. The minimum Gasteiger partial charge on any atom is -0.350 e. The van der Waals surface area contributed by atoms with Crippen molar-refractivity contribution in [2.75, 3.05) is 13.1 Å². The predicted molar refractivity (Wildman–Crippen MR) is 134 cm³/mol. The maximum absolute atomic E-state index is 13.1. The van der Waals surface area contributed by atoms with Gasteiger partial charge in [-0.1, -0.05) is 66.7 Å². The van der Waals surface area contributed by atoms with Gasteiger partial charge < -0.3 is 15.2 Å². The summed E-state index contributed by atoms with van der Waals surface area (Å²) in [5.74, 6) is -1.81. The summed E-state index contributed by atoms with van der Waals surface area (Å²) in [4.78, 5) is 31.3. The maximum Gasteiger partial charge on any atom is 0.471 e. The Morgan fingerprint density at radius 3 is 2.47 bits per heavy atom. The molecule has 2 N–H and O–H groups in total. The molecule has 202 valence electrons. The monoisotopic (exact) mass is 529 g/mol. The van der Waals surface area contributed by atoms with Gasteiger partial charge >= 0.3 is 12.1 Å². The van der Waals surface area contributed by atoms with Crippen LogP contribution < -0.4 is 10.6 Å². The number of hydrogen-bond acceptors (Lipinski definition) is 6. The first kappa shape index (κ1) is 27.3. The van der Waals surface area contributed by atoms with Gasteiger partial charge in [-0.15, -0.1) is 0 Å². The van der Waals surface area contributed by atoms with E-state index in [2.05, 4.69) is 42.3 Å². The number of nitrogens with zero attached hydrogens (tertiary/aromatic N) is 3. The molecule has 0 spiro atoms. The van der Waals surface area contributed by atoms with Crippen molar-refractivity contribution < 1.29 is 27.3 Å². The van der Waals surface area contributed by atoms with Gasteiger partial charge in [-0.2, -0.15) is 18.2 Å². The minimum absolute atomic E-state index is 0.169. The average Bonchev–Trinajstić information content (AvgIpc) is 3.43. The third-order valence-corrected chi connectivity index (χ3v) is 6.79. The van der Waals surface area contributed by atoms with Crippen molar-refractivity contribution in [1.82, 2.24) is 25.7 Å². The molecule has 38 heavy (non-hydrogen) atoms. The number of benzene rings is 2. The van der Waals surface area contributed by atoms with Crippen LogP contribution in [-0.2, 0) is 22.3 Å². The van der Waals surface area contributed by atoms with Crippen LogP contribution in [0.25, 0.3) is 11.4 Å². The summed E-state index contributed by atoms with van der Waals surface area (Å²) < 4.78 is 42.3. The molecule has 0 bridgehead atoms. The van der Waals surface area contributed by atoms with E-state index in [0.717, 1.165) is 25.1 Å². The van der Waals surface area contributed by atoms with E-state index >= 15 is 0 Å². The third kappa shape index (κ3) is 6.58. The lowest BCUT2D eigenvalue weighted by Gasteiger charge is -2.38. The summed E-state index contributed by atoms with van der Waals surface area (Å²) >= 11 is 0. The smallest absolute Gasteiger partial charge is 0.350 e. The van der Waals surface area contributed by atoms with E-state index in [1.807, 2.05) is 25.1 Å². The average molecular weight is 530 g/mol. The summed E-state index contributed by atoms with van der Waals surface area (Å²) in [6.07, 6.45) is -3.04. The topological polar surface area (TPSA) is 100 Å². The number of aromatic nitrogens is 2. The van der Waals surface area contributed by atoms with Crippen molar-refractivity contribution in [3.8, 4) is 11.4 Å². The zero-order valence-corrected chi connectivity index (χ0v) is 21.2. The van der Waals surface area contributed by atoms with Crippen molar-refractivity contribution in [2.24, 2.45) is 0 Å². The number of carbonyl (C=O) groups excluding carboxylic acids is 2. The molecular formula is C27H30F3N5O3. The van der Waals surface area contributed by atoms with E-state index in [9.17, 15) is 22.8 Å². The van der Waals surface area contributed by atoms with Crippen molar-refractivity contribution in [3.63, 3.8) is 0 Å². The summed E-state index contributed by atoms with van der Waals surface area (Å²) in [7, 11) is 0. The number of alkyl halides is 3. The second-order valence-corrected chi connectivity index (χ2v) is 9.34. The fourth-order valence-corrected chi connectivity index (χ4v) is 4.64. The van der Waals surface area contributed by atoms with E-state index in [1.165, 1.54) is 5.56 Å². The number of likely N-dealkylation sites (N-methyl/N-ethyl adjacent to an activating group) is 1. The molecule has 2 amide bonds. The summed E-state index contributed by atoms with van der Waals surface area (Å²) in [5, 5.41) is 9.00. The van der Waals surface area contributed by atoms with Crippen LogP contribution in [-0.4, -0.2) is 52.0 Å². The summed E-state index contributed by atoms with van der Waals surface area (Å²) in [5.41, 5.74) is 2.29. The zero-order chi connectivity index (χ0) is 27.3. The number of amides is 2. The number of likely N-dealkylation sites (tertiary alicyclic amines) is 1. The molecule has 0 aliphatic carbocycles. The zero-order valence-electron chi connectivity index (χ0n) is 21.2. The molecule has 2 heterocycles. The molecule has 11 heteroatoms. The second-order valence-electron chi connectivity index (χ2n) is 9.34. The number of nitrogens with one attached hydrogen (secondary N) is 2. The van der Waals surface area contributed by atoms with Crippen LogP contribution in [0, 0.1) is 0 Å². The fourth-order valence-electron chi connectivity index (χ4n) is 4.64. The van der Waals surface area contributed by atoms with E-state index in [0.29, 0.717) is 12.0 Å². The van der Waals surface area contributed by atoms with E-state index in [-0.39, 0.29) is 36.1 Å². The highest BCUT2D eigenvalue weighted by Gasteiger charge is 2.38. The lowest BCUT2D eigenvalue weighted by atomic mass is 9.85. The van der Waals surface area contributed by atoms with Crippen molar-refractivity contribution in [2.45, 2.75) is 57.4 Å². The molecule has 0 saturated carbocycles. The molecule has 1 aliphatic heterocycles. The predicted octanol–water partition coefficient (Wildman–Crippen LogP) is 4.14. The van der Waals surface area contributed by atoms with Gasteiger partial charge in [-0.05, 0) is 49.9 Å². The van der Waals surface area contributed by atoms with Crippen LogP contribution in [0.3, 0.4) is 0 Å². The molecular weight excluding hydrogens is 499 g/mol. The Morgan fingerprint density at radius 2 is 1.84 bits per heavy atom. The van der Waals surface area contributed by atoms with Gasteiger partial charge in [0, 0.05) is 12.1 Å². The number of hydrogen-bond donors (Lipinski definition) is 2. The molecule has 1 unspecified atom stereocenters. The first-order chi connectivity index (χ1) is 18.2. The number of piperidine rings is 1. The van der Waals surface area contributed by atoms with Gasteiger partial charge in [-0.25, -0.2) is 0 Å². The van der Waals surface area contributed by atoms with Crippen molar-refractivity contribution in [1.29, 1.82) is 0 Å². The van der Waals surface area contributed by atoms with Crippen molar-refractivity contribution >= 4 is 11.8 Å². The Kier molecular flexibility index (Phi) is 8.45. The van der Waals surface area contributed by atoms with Crippen LogP contribution >= 0.6 is 0 Å². The van der Waals surface area contributed by atoms with Gasteiger partial charge in [-0.3, -0.25) is 14.5 Å². The molecule has 2 aromatic carbocycles. The van der Waals surface area contributed by atoms with E-state index in [1.54, 1.807) is 31.2 Å². The molecule has 1 saturated heterocycles. The first-order valence-electron chi connectivity index (χ1n) is 12.5. The van der Waals surface area contributed by atoms with Gasteiger partial charge in [0.2, 0.25) is 17.6 Å². The van der Waals surface area contributed by atoms with E-state index in [4.69, 9.17) is 0 Å². The first-order valence-corrected chi connectivity index (χ1v) is 12.5. The third-order valence-electron chi connectivity index (χ3n) is 6.79. The molecule has 3 aromatic rings. The normalized spacial score (nSPS) is 19.1. The summed E-state index contributed by atoms with van der Waals surface area (Å²) in [6.45, 7) is 5.40.